The smallest absolute Gasteiger partial charge is 0.350 e. The van der Waals surface area contributed by atoms with Gasteiger partial charge in [-0.15, -0.1) is 5.10 Å². The Morgan fingerprint density at radius 2 is 2.10 bits per heavy atom. The lowest BCUT2D eigenvalue weighted by Crippen LogP contribution is -2.32. The Morgan fingerprint density at radius 1 is 1.34 bits per heavy atom. The lowest BCUT2D eigenvalue weighted by molar-refractivity contribution is 0.0687. The van der Waals surface area contributed by atoms with Crippen molar-refractivity contribution in [2.45, 2.75) is 39.0 Å². The van der Waals surface area contributed by atoms with E-state index in [4.69, 9.17) is 9.47 Å². The minimum absolute atomic E-state index is 0.00900. The monoisotopic (exact) mass is 406 g/mol. The summed E-state index contributed by atoms with van der Waals surface area (Å²) < 4.78 is 28.2. The van der Waals surface area contributed by atoms with E-state index in [-0.39, 0.29) is 29.7 Å². The van der Waals surface area contributed by atoms with E-state index in [1.165, 1.54) is 10.6 Å². The van der Waals surface area contributed by atoms with Crippen LogP contribution in [0, 0.1) is 5.82 Å². The fourth-order valence-electron chi connectivity index (χ4n) is 3.80. The molecule has 0 radical (unpaired) electrons. The second-order valence-electron chi connectivity index (χ2n) is 7.36. The van der Waals surface area contributed by atoms with Gasteiger partial charge in [0.25, 0.3) is 0 Å². The Labute approximate surface area is 166 Å². The Hall–Kier alpha value is -2.72. The summed E-state index contributed by atoms with van der Waals surface area (Å²) in [6, 6.07) is 2.11. The molecule has 1 atom stereocenters. The fourth-order valence-corrected chi connectivity index (χ4v) is 3.80. The van der Waals surface area contributed by atoms with Gasteiger partial charge in [-0.2, -0.15) is 4.68 Å². The third-order valence-electron chi connectivity index (χ3n) is 5.18. The molecular formula is C19H23FN4O5. The van der Waals surface area contributed by atoms with Crippen molar-refractivity contribution in [2.75, 3.05) is 26.2 Å². The van der Waals surface area contributed by atoms with Gasteiger partial charge in [0, 0.05) is 12.6 Å². The number of aromatic carboxylic acids is 1. The third kappa shape index (κ3) is 3.90. The van der Waals surface area contributed by atoms with Crippen LogP contribution >= 0.6 is 0 Å². The van der Waals surface area contributed by atoms with Crippen molar-refractivity contribution in [3.8, 4) is 11.4 Å². The number of benzene rings is 1. The predicted molar refractivity (Wildman–Crippen MR) is 100 cm³/mol. The summed E-state index contributed by atoms with van der Waals surface area (Å²) in [5.41, 5.74) is -0.938. The van der Waals surface area contributed by atoms with E-state index in [9.17, 15) is 19.1 Å². The standard InChI is InChI=1S/C19H23FN4O5/c1-12(10-22-4-2-3-5-22)29-16-9-15(14(20)8-13(16)18(25)26)24-19(27)23-6-7-28-11-17(23)21-24/h8-9,12H,2-7,10-11H2,1H3,(H,25,26)/t12-/m1/s1. The van der Waals surface area contributed by atoms with Crippen LogP contribution < -0.4 is 10.4 Å². The Bertz CT molecular complexity index is 980. The molecule has 0 bridgehead atoms. The lowest BCUT2D eigenvalue weighted by atomic mass is 10.1. The molecule has 0 spiro atoms. The van der Waals surface area contributed by atoms with E-state index in [1.54, 1.807) is 0 Å². The van der Waals surface area contributed by atoms with Crippen LogP contribution in [0.4, 0.5) is 4.39 Å². The SMILES string of the molecule is C[C@H](CN1CCCC1)Oc1cc(-n2nc3n(c2=O)CCOC3)c(F)cc1C(=O)O. The highest BCUT2D eigenvalue weighted by Crippen LogP contribution is 2.27. The summed E-state index contributed by atoms with van der Waals surface area (Å²) in [7, 11) is 0. The number of rotatable bonds is 6. The molecule has 0 saturated carbocycles. The maximum atomic E-state index is 14.7. The summed E-state index contributed by atoms with van der Waals surface area (Å²) >= 11 is 0. The van der Waals surface area contributed by atoms with E-state index in [2.05, 4.69) is 10.00 Å². The van der Waals surface area contributed by atoms with E-state index in [1.807, 2.05) is 6.92 Å². The maximum Gasteiger partial charge on any atom is 0.350 e. The second-order valence-corrected chi connectivity index (χ2v) is 7.36. The first-order valence-electron chi connectivity index (χ1n) is 9.66. The van der Waals surface area contributed by atoms with Gasteiger partial charge < -0.3 is 14.6 Å². The number of carboxylic acids is 1. The van der Waals surface area contributed by atoms with Crippen molar-refractivity contribution in [1.82, 2.24) is 19.2 Å². The molecule has 1 N–H and O–H groups in total. The molecule has 2 aliphatic heterocycles. The first kappa shape index (κ1) is 19.6. The molecule has 1 aromatic carbocycles. The second kappa shape index (κ2) is 7.96. The number of ether oxygens (including phenoxy) is 2. The molecule has 10 heteroatoms. The molecule has 29 heavy (non-hydrogen) atoms. The van der Waals surface area contributed by atoms with Crippen LogP contribution in [0.1, 0.15) is 35.9 Å². The number of hydrogen-bond donors (Lipinski definition) is 1. The number of fused-ring (bicyclic) bond motifs is 1. The van der Waals surface area contributed by atoms with Crippen LogP contribution in [-0.2, 0) is 17.9 Å². The quantitative estimate of drug-likeness (QED) is 0.771. The summed E-state index contributed by atoms with van der Waals surface area (Å²) in [4.78, 5) is 26.5. The fraction of sp³-hybridized carbons (Fsp3) is 0.526. The lowest BCUT2D eigenvalue weighted by Gasteiger charge is -2.22. The highest BCUT2D eigenvalue weighted by atomic mass is 19.1. The van der Waals surface area contributed by atoms with Crippen LogP contribution in [0.2, 0.25) is 0 Å². The topological polar surface area (TPSA) is 98.8 Å². The first-order chi connectivity index (χ1) is 13.9. The minimum Gasteiger partial charge on any atom is -0.488 e. The predicted octanol–water partition coefficient (Wildman–Crippen LogP) is 1.26. The normalized spacial score (nSPS) is 17.9. The Kier molecular flexibility index (Phi) is 5.37. The van der Waals surface area contributed by atoms with Gasteiger partial charge in [0.15, 0.2) is 5.82 Å². The molecule has 1 fully saturated rings. The van der Waals surface area contributed by atoms with Crippen LogP contribution in [0.15, 0.2) is 16.9 Å². The molecule has 0 amide bonds. The van der Waals surface area contributed by atoms with Crippen molar-refractivity contribution in [2.24, 2.45) is 0 Å². The molecule has 3 heterocycles. The van der Waals surface area contributed by atoms with Crippen molar-refractivity contribution in [3.63, 3.8) is 0 Å². The average molecular weight is 406 g/mol. The van der Waals surface area contributed by atoms with Crippen LogP contribution in [0.5, 0.6) is 5.75 Å². The Morgan fingerprint density at radius 3 is 2.79 bits per heavy atom. The van der Waals surface area contributed by atoms with Gasteiger partial charge in [-0.05, 0) is 38.9 Å². The number of likely N-dealkylation sites (tertiary alicyclic amines) is 1. The highest BCUT2D eigenvalue weighted by Gasteiger charge is 2.24. The number of carboxylic acid groups (broad SMARTS) is 1. The number of halogens is 1. The molecule has 1 saturated heterocycles. The zero-order chi connectivity index (χ0) is 20.5. The number of nitrogens with zero attached hydrogens (tertiary/aromatic N) is 4. The van der Waals surface area contributed by atoms with Crippen molar-refractivity contribution in [1.29, 1.82) is 0 Å². The molecule has 0 unspecified atom stereocenters. The van der Waals surface area contributed by atoms with Crippen molar-refractivity contribution < 1.29 is 23.8 Å². The summed E-state index contributed by atoms with van der Waals surface area (Å²) in [5.74, 6) is -1.76. The van der Waals surface area contributed by atoms with Crippen LogP contribution in [0.25, 0.3) is 5.69 Å². The molecule has 1 aromatic heterocycles. The maximum absolute atomic E-state index is 14.7. The third-order valence-corrected chi connectivity index (χ3v) is 5.18. The molecule has 0 aliphatic carbocycles. The zero-order valence-electron chi connectivity index (χ0n) is 16.1. The average Bonchev–Trinajstić information content (AvgIpc) is 3.31. The van der Waals surface area contributed by atoms with E-state index in [0.29, 0.717) is 25.5 Å². The van der Waals surface area contributed by atoms with Gasteiger partial charge in [0.1, 0.15) is 35.5 Å². The number of carbonyl (C=O) groups is 1. The largest absolute Gasteiger partial charge is 0.488 e. The van der Waals surface area contributed by atoms with Crippen molar-refractivity contribution >= 4 is 5.97 Å². The van der Waals surface area contributed by atoms with Crippen molar-refractivity contribution in [3.05, 3.63) is 39.8 Å². The molecule has 9 nitrogen and oxygen atoms in total. The van der Waals surface area contributed by atoms with Gasteiger partial charge >= 0.3 is 11.7 Å². The first-order valence-corrected chi connectivity index (χ1v) is 9.66. The molecule has 2 aliphatic rings. The molecule has 2 aromatic rings. The molecular weight excluding hydrogens is 383 g/mol. The zero-order valence-corrected chi connectivity index (χ0v) is 16.1. The van der Waals surface area contributed by atoms with Crippen LogP contribution in [0.3, 0.4) is 0 Å². The number of aromatic nitrogens is 3. The van der Waals surface area contributed by atoms with Gasteiger partial charge in [0.05, 0.1) is 13.2 Å². The van der Waals surface area contributed by atoms with Gasteiger partial charge in [-0.25, -0.2) is 14.0 Å². The van der Waals surface area contributed by atoms with Crippen LogP contribution in [-0.4, -0.2) is 62.7 Å². The van der Waals surface area contributed by atoms with E-state index in [0.717, 1.165) is 36.7 Å². The Balaban J connectivity index is 1.68. The summed E-state index contributed by atoms with van der Waals surface area (Å²) in [5, 5.41) is 13.6. The van der Waals surface area contributed by atoms with Gasteiger partial charge in [-0.1, -0.05) is 0 Å². The minimum atomic E-state index is -1.30. The van der Waals surface area contributed by atoms with Gasteiger partial charge in [0.2, 0.25) is 0 Å². The molecule has 156 valence electrons. The van der Waals surface area contributed by atoms with E-state index < -0.39 is 17.5 Å². The highest BCUT2D eigenvalue weighted by molar-refractivity contribution is 5.91. The summed E-state index contributed by atoms with van der Waals surface area (Å²) in [6.45, 7) is 5.30. The molecule has 4 rings (SSSR count). The summed E-state index contributed by atoms with van der Waals surface area (Å²) in [6.07, 6.45) is 1.96. The van der Waals surface area contributed by atoms with E-state index >= 15 is 0 Å². The van der Waals surface area contributed by atoms with Gasteiger partial charge in [-0.3, -0.25) is 9.47 Å². The number of hydrogen-bond acceptors (Lipinski definition) is 6.